The van der Waals surface area contributed by atoms with Crippen molar-refractivity contribution in [1.29, 1.82) is 0 Å². The van der Waals surface area contributed by atoms with E-state index in [0.29, 0.717) is 17.0 Å². The maximum absolute atomic E-state index is 11.2. The van der Waals surface area contributed by atoms with Crippen molar-refractivity contribution in [1.82, 2.24) is 0 Å². The van der Waals surface area contributed by atoms with Crippen LogP contribution in [0.25, 0.3) is 0 Å². The molecule has 0 aliphatic carbocycles. The van der Waals surface area contributed by atoms with Gasteiger partial charge in [-0.05, 0) is 5.92 Å². The number of carbonyl (C=O) groups is 1. The summed E-state index contributed by atoms with van der Waals surface area (Å²) in [6, 6.07) is 0. The maximum Gasteiger partial charge on any atom is 0.146 e. The van der Waals surface area contributed by atoms with Gasteiger partial charge < -0.3 is 0 Å². The number of carbonyl (C=O) groups excluding carboxylic acids is 1. The van der Waals surface area contributed by atoms with Crippen molar-refractivity contribution < 1.29 is 4.79 Å². The van der Waals surface area contributed by atoms with E-state index in [0.717, 1.165) is 18.6 Å². The largest absolute Gasteiger partial charge is 0.298 e. The fourth-order valence-electron chi connectivity index (χ4n) is 1.22. The van der Waals surface area contributed by atoms with Gasteiger partial charge in [-0.2, -0.15) is 0 Å². The van der Waals surface area contributed by atoms with Crippen molar-refractivity contribution in [2.24, 2.45) is 5.92 Å². The molecule has 1 rings (SSSR count). The van der Waals surface area contributed by atoms with E-state index in [1.54, 1.807) is 0 Å². The third kappa shape index (κ3) is 1.54. The molecule has 1 heterocycles. The summed E-state index contributed by atoms with van der Waals surface area (Å²) >= 11 is 1.83. The minimum atomic E-state index is 0.324. The van der Waals surface area contributed by atoms with Gasteiger partial charge in [-0.3, -0.25) is 4.79 Å². The summed E-state index contributed by atoms with van der Waals surface area (Å²) in [4.78, 5) is 11.2. The molecule has 0 radical (unpaired) electrons. The lowest BCUT2D eigenvalue weighted by atomic mass is 10.0. The van der Waals surface area contributed by atoms with Gasteiger partial charge in [0.05, 0.1) is 5.25 Å². The monoisotopic (exact) mass is 158 g/mol. The highest BCUT2D eigenvalue weighted by Gasteiger charge is 2.28. The van der Waals surface area contributed by atoms with Gasteiger partial charge in [0.1, 0.15) is 5.78 Å². The van der Waals surface area contributed by atoms with Gasteiger partial charge in [0.25, 0.3) is 0 Å². The van der Waals surface area contributed by atoms with Gasteiger partial charge in [0, 0.05) is 12.2 Å². The molecule has 1 nitrogen and oxygen atoms in total. The van der Waals surface area contributed by atoms with Gasteiger partial charge in [-0.1, -0.05) is 20.3 Å². The van der Waals surface area contributed by atoms with Crippen LogP contribution in [-0.2, 0) is 4.79 Å². The van der Waals surface area contributed by atoms with Crippen LogP contribution in [0.3, 0.4) is 0 Å². The van der Waals surface area contributed by atoms with Crippen molar-refractivity contribution >= 4 is 17.5 Å². The van der Waals surface area contributed by atoms with Gasteiger partial charge in [-0.15, -0.1) is 11.8 Å². The lowest BCUT2D eigenvalue weighted by Crippen LogP contribution is -2.18. The maximum atomic E-state index is 11.2. The molecule has 0 bridgehead atoms. The summed E-state index contributed by atoms with van der Waals surface area (Å²) in [5.74, 6) is 2.10. The Bertz CT molecular complexity index is 133. The second-order valence-corrected chi connectivity index (χ2v) is 4.14. The molecular weight excluding hydrogens is 144 g/mol. The van der Waals surface area contributed by atoms with Crippen LogP contribution < -0.4 is 0 Å². The zero-order valence-corrected chi connectivity index (χ0v) is 7.41. The number of thioether (sulfide) groups is 1. The predicted octanol–water partition coefficient (Wildman–Crippen LogP) is 2.11. The van der Waals surface area contributed by atoms with E-state index in [1.165, 1.54) is 0 Å². The van der Waals surface area contributed by atoms with Crippen molar-refractivity contribution in [3.8, 4) is 0 Å². The third-order valence-corrected chi connectivity index (χ3v) is 3.65. The molecule has 0 amide bonds. The highest BCUT2D eigenvalue weighted by Crippen LogP contribution is 2.30. The summed E-state index contributed by atoms with van der Waals surface area (Å²) in [7, 11) is 0. The number of hydrogen-bond acceptors (Lipinski definition) is 2. The molecule has 1 aliphatic rings. The average Bonchev–Trinajstić information content (AvgIpc) is 2.34. The first-order valence-corrected chi connectivity index (χ1v) is 4.95. The topological polar surface area (TPSA) is 17.1 Å². The van der Waals surface area contributed by atoms with Crippen LogP contribution in [0.1, 0.15) is 26.7 Å². The molecule has 10 heavy (non-hydrogen) atoms. The molecule has 1 fully saturated rings. The second kappa shape index (κ2) is 3.42. The molecule has 2 heteroatoms. The Morgan fingerprint density at radius 1 is 1.80 bits per heavy atom. The Balaban J connectivity index is 2.46. The molecule has 0 aromatic carbocycles. The number of Topliss-reactive ketones (excluding diaryl/α,β-unsaturated/α-hetero) is 1. The molecule has 1 saturated heterocycles. The standard InChI is InChI=1S/C8H14OS/c1-3-6(2)8-7(9)4-5-10-8/h6,8H,3-5H2,1-2H3/t6-,8?/m0/s1. The third-order valence-electron chi connectivity index (χ3n) is 2.12. The Morgan fingerprint density at radius 3 is 2.90 bits per heavy atom. The summed E-state index contributed by atoms with van der Waals surface area (Å²) in [5, 5.41) is 0.324. The van der Waals surface area contributed by atoms with Gasteiger partial charge in [0.15, 0.2) is 0 Å². The van der Waals surface area contributed by atoms with Crippen molar-refractivity contribution in [2.75, 3.05) is 5.75 Å². The molecule has 0 saturated carbocycles. The Morgan fingerprint density at radius 2 is 2.50 bits per heavy atom. The minimum Gasteiger partial charge on any atom is -0.298 e. The van der Waals surface area contributed by atoms with Crippen molar-refractivity contribution in [3.63, 3.8) is 0 Å². The smallest absolute Gasteiger partial charge is 0.146 e. The Hall–Kier alpha value is 0.0200. The lowest BCUT2D eigenvalue weighted by molar-refractivity contribution is -0.118. The summed E-state index contributed by atoms with van der Waals surface area (Å²) in [6.45, 7) is 4.32. The van der Waals surface area contributed by atoms with Crippen LogP contribution in [0.15, 0.2) is 0 Å². The predicted molar refractivity (Wildman–Crippen MR) is 45.3 cm³/mol. The van der Waals surface area contributed by atoms with Gasteiger partial charge >= 0.3 is 0 Å². The highest BCUT2D eigenvalue weighted by molar-refractivity contribution is 8.01. The van der Waals surface area contributed by atoms with Gasteiger partial charge in [-0.25, -0.2) is 0 Å². The molecule has 1 aliphatic heterocycles. The summed E-state index contributed by atoms with van der Waals surface area (Å²) in [6.07, 6.45) is 1.93. The van der Waals surface area contributed by atoms with Crippen LogP contribution in [0.5, 0.6) is 0 Å². The Kier molecular flexibility index (Phi) is 2.78. The summed E-state index contributed by atoms with van der Waals surface area (Å²) < 4.78 is 0. The number of ketones is 1. The molecule has 0 spiro atoms. The molecule has 0 aromatic heterocycles. The van der Waals surface area contributed by atoms with Crippen molar-refractivity contribution in [3.05, 3.63) is 0 Å². The van der Waals surface area contributed by atoms with E-state index in [-0.39, 0.29) is 0 Å². The van der Waals surface area contributed by atoms with E-state index in [4.69, 9.17) is 0 Å². The average molecular weight is 158 g/mol. The minimum absolute atomic E-state index is 0.324. The number of rotatable bonds is 2. The van der Waals surface area contributed by atoms with E-state index in [9.17, 15) is 4.79 Å². The van der Waals surface area contributed by atoms with Crippen molar-refractivity contribution in [2.45, 2.75) is 31.9 Å². The fourth-order valence-corrected chi connectivity index (χ4v) is 2.62. The van der Waals surface area contributed by atoms with Crippen LogP contribution in [0, 0.1) is 5.92 Å². The van der Waals surface area contributed by atoms with E-state index in [1.807, 2.05) is 11.8 Å². The van der Waals surface area contributed by atoms with E-state index < -0.39 is 0 Å². The molecule has 58 valence electrons. The normalized spacial score (nSPS) is 29.0. The molecule has 2 atom stereocenters. The van der Waals surface area contributed by atoms with Gasteiger partial charge in [0.2, 0.25) is 0 Å². The first kappa shape index (κ1) is 8.12. The molecule has 0 N–H and O–H groups in total. The second-order valence-electron chi connectivity index (χ2n) is 2.89. The van der Waals surface area contributed by atoms with Crippen LogP contribution in [0.4, 0.5) is 0 Å². The SMILES string of the molecule is CC[C@H](C)C1SCCC1=O. The fraction of sp³-hybridized carbons (Fsp3) is 0.875. The molecular formula is C8H14OS. The van der Waals surface area contributed by atoms with Crippen LogP contribution in [-0.4, -0.2) is 16.8 Å². The first-order chi connectivity index (χ1) is 4.75. The highest BCUT2D eigenvalue weighted by atomic mass is 32.2. The van der Waals surface area contributed by atoms with Crippen LogP contribution in [0.2, 0.25) is 0 Å². The van der Waals surface area contributed by atoms with Crippen LogP contribution >= 0.6 is 11.8 Å². The Labute approximate surface area is 66.6 Å². The zero-order valence-electron chi connectivity index (χ0n) is 6.59. The zero-order chi connectivity index (χ0) is 7.56. The number of hydrogen-bond donors (Lipinski definition) is 0. The molecule has 1 unspecified atom stereocenters. The van der Waals surface area contributed by atoms with E-state index in [2.05, 4.69) is 13.8 Å². The first-order valence-electron chi connectivity index (χ1n) is 3.90. The van der Waals surface area contributed by atoms with E-state index >= 15 is 0 Å². The summed E-state index contributed by atoms with van der Waals surface area (Å²) in [5.41, 5.74) is 0. The molecule has 0 aromatic rings. The lowest BCUT2D eigenvalue weighted by Gasteiger charge is -2.13. The quantitative estimate of drug-likeness (QED) is 0.612.